The summed E-state index contributed by atoms with van der Waals surface area (Å²) in [6.45, 7) is 1.31. The Labute approximate surface area is 148 Å². The predicted molar refractivity (Wildman–Crippen MR) is 96.0 cm³/mol. The van der Waals surface area contributed by atoms with Crippen LogP contribution in [0.25, 0.3) is 11.0 Å². The Bertz CT molecular complexity index is 949. The van der Waals surface area contributed by atoms with E-state index in [0.29, 0.717) is 17.5 Å². The van der Waals surface area contributed by atoms with Gasteiger partial charge in [0.25, 0.3) is 11.4 Å². The molecule has 26 heavy (non-hydrogen) atoms. The second-order valence-corrected chi connectivity index (χ2v) is 6.10. The third-order valence-corrected chi connectivity index (χ3v) is 4.12. The number of nitro groups is 2. The van der Waals surface area contributed by atoms with Crippen LogP contribution >= 0.6 is 0 Å². The first-order chi connectivity index (χ1) is 12.4. The van der Waals surface area contributed by atoms with Gasteiger partial charge < -0.3 is 4.42 Å². The number of nitrogens with zero attached hydrogens (tertiary/aromatic N) is 3. The Morgan fingerprint density at radius 3 is 2.27 bits per heavy atom. The summed E-state index contributed by atoms with van der Waals surface area (Å²) < 4.78 is 5.73. The molecule has 0 bridgehead atoms. The molecule has 0 aliphatic carbocycles. The largest absolute Gasteiger partial charge is 0.460 e. The van der Waals surface area contributed by atoms with Crippen LogP contribution in [0.3, 0.4) is 0 Å². The van der Waals surface area contributed by atoms with E-state index in [-0.39, 0.29) is 11.4 Å². The summed E-state index contributed by atoms with van der Waals surface area (Å²) in [4.78, 5) is 22.7. The second-order valence-electron chi connectivity index (χ2n) is 6.10. The number of hydrogen-bond acceptors (Lipinski definition) is 6. The fraction of sp³-hybridized carbons (Fsp3) is 0.222. The van der Waals surface area contributed by atoms with Crippen molar-refractivity contribution in [2.75, 3.05) is 13.6 Å². The van der Waals surface area contributed by atoms with E-state index in [1.807, 2.05) is 13.1 Å². The van der Waals surface area contributed by atoms with Crippen LogP contribution in [0, 0.1) is 20.2 Å². The maximum Gasteiger partial charge on any atom is 0.270 e. The van der Waals surface area contributed by atoms with Gasteiger partial charge in [-0.05, 0) is 31.2 Å². The van der Waals surface area contributed by atoms with Crippen molar-refractivity contribution >= 4 is 22.3 Å². The fourth-order valence-corrected chi connectivity index (χ4v) is 2.73. The van der Waals surface area contributed by atoms with Gasteiger partial charge in [-0.15, -0.1) is 0 Å². The number of benzene rings is 2. The van der Waals surface area contributed by atoms with Crippen molar-refractivity contribution in [1.29, 1.82) is 0 Å². The minimum Gasteiger partial charge on any atom is -0.460 e. The number of rotatable bonds is 7. The molecule has 2 aromatic carbocycles. The normalized spacial score (nSPS) is 11.2. The summed E-state index contributed by atoms with van der Waals surface area (Å²) in [5.41, 5.74) is 1.76. The standard InChI is InChI=1S/C18H17N3O5/c1-19(9-8-13-2-4-15(5-3-13)20(22)23)12-17-11-14-10-16(21(24)25)6-7-18(14)26-17/h2-7,10-11H,8-9,12H2,1H3. The molecule has 3 aromatic rings. The summed E-state index contributed by atoms with van der Waals surface area (Å²) in [7, 11) is 1.95. The molecule has 0 spiro atoms. The molecule has 0 amide bonds. The highest BCUT2D eigenvalue weighted by molar-refractivity contribution is 5.80. The number of likely N-dealkylation sites (N-methyl/N-ethyl adjacent to an activating group) is 1. The van der Waals surface area contributed by atoms with Gasteiger partial charge in [0, 0.05) is 36.2 Å². The molecule has 0 saturated carbocycles. The van der Waals surface area contributed by atoms with E-state index in [2.05, 4.69) is 4.90 Å². The van der Waals surface area contributed by atoms with E-state index >= 15 is 0 Å². The van der Waals surface area contributed by atoms with E-state index in [1.165, 1.54) is 24.3 Å². The van der Waals surface area contributed by atoms with Crippen molar-refractivity contribution in [2.45, 2.75) is 13.0 Å². The average molecular weight is 355 g/mol. The first-order valence-corrected chi connectivity index (χ1v) is 8.01. The van der Waals surface area contributed by atoms with Gasteiger partial charge in [-0.2, -0.15) is 0 Å². The molecule has 0 aliphatic heterocycles. The number of hydrogen-bond donors (Lipinski definition) is 0. The van der Waals surface area contributed by atoms with Crippen molar-refractivity contribution in [3.63, 3.8) is 0 Å². The first-order valence-electron chi connectivity index (χ1n) is 8.01. The summed E-state index contributed by atoms with van der Waals surface area (Å²) in [6, 6.07) is 12.9. The molecule has 134 valence electrons. The highest BCUT2D eigenvalue weighted by Crippen LogP contribution is 2.24. The lowest BCUT2D eigenvalue weighted by Crippen LogP contribution is -2.20. The van der Waals surface area contributed by atoms with Crippen LogP contribution < -0.4 is 0 Å². The molecular formula is C18H17N3O5. The van der Waals surface area contributed by atoms with Gasteiger partial charge in [0.1, 0.15) is 11.3 Å². The van der Waals surface area contributed by atoms with Crippen molar-refractivity contribution < 1.29 is 14.3 Å². The zero-order valence-corrected chi connectivity index (χ0v) is 14.1. The minimum absolute atomic E-state index is 0.0383. The third-order valence-electron chi connectivity index (χ3n) is 4.12. The van der Waals surface area contributed by atoms with Crippen molar-refractivity contribution in [3.05, 3.63) is 80.1 Å². The monoisotopic (exact) mass is 355 g/mol. The van der Waals surface area contributed by atoms with Crippen LogP contribution in [0.2, 0.25) is 0 Å². The molecule has 1 heterocycles. The molecule has 0 N–H and O–H groups in total. The van der Waals surface area contributed by atoms with E-state index in [4.69, 9.17) is 4.42 Å². The Morgan fingerprint density at radius 2 is 1.62 bits per heavy atom. The zero-order valence-electron chi connectivity index (χ0n) is 14.1. The lowest BCUT2D eigenvalue weighted by molar-refractivity contribution is -0.385. The molecular weight excluding hydrogens is 338 g/mol. The van der Waals surface area contributed by atoms with Crippen LogP contribution in [0.4, 0.5) is 11.4 Å². The van der Waals surface area contributed by atoms with Gasteiger partial charge in [-0.3, -0.25) is 25.1 Å². The van der Waals surface area contributed by atoms with Crippen molar-refractivity contribution in [3.8, 4) is 0 Å². The molecule has 3 rings (SSSR count). The smallest absolute Gasteiger partial charge is 0.270 e. The van der Waals surface area contributed by atoms with E-state index in [9.17, 15) is 20.2 Å². The summed E-state index contributed by atoms with van der Waals surface area (Å²) >= 11 is 0. The maximum atomic E-state index is 10.8. The molecule has 1 aromatic heterocycles. The Kier molecular flexibility index (Phi) is 4.94. The van der Waals surface area contributed by atoms with Gasteiger partial charge >= 0.3 is 0 Å². The Morgan fingerprint density at radius 1 is 0.962 bits per heavy atom. The lowest BCUT2D eigenvalue weighted by Gasteiger charge is -2.14. The molecule has 0 unspecified atom stereocenters. The maximum absolute atomic E-state index is 10.8. The molecule has 0 aliphatic rings. The van der Waals surface area contributed by atoms with Crippen LogP contribution in [0.5, 0.6) is 0 Å². The molecule has 0 radical (unpaired) electrons. The highest BCUT2D eigenvalue weighted by atomic mass is 16.6. The topological polar surface area (TPSA) is 103 Å². The molecule has 8 heteroatoms. The minimum atomic E-state index is -0.428. The second kappa shape index (κ2) is 7.32. The summed E-state index contributed by atoms with van der Waals surface area (Å²) in [5, 5.41) is 22.2. The average Bonchev–Trinajstić information content (AvgIpc) is 3.01. The number of non-ortho nitro benzene ring substituents is 2. The highest BCUT2D eigenvalue weighted by Gasteiger charge is 2.12. The van der Waals surface area contributed by atoms with E-state index in [0.717, 1.165) is 24.3 Å². The van der Waals surface area contributed by atoms with Gasteiger partial charge in [0.2, 0.25) is 0 Å². The number of fused-ring (bicyclic) bond motifs is 1. The van der Waals surface area contributed by atoms with Crippen LogP contribution in [-0.4, -0.2) is 28.3 Å². The van der Waals surface area contributed by atoms with Crippen LogP contribution in [-0.2, 0) is 13.0 Å². The predicted octanol–water partition coefficient (Wildman–Crippen LogP) is 3.92. The van der Waals surface area contributed by atoms with Crippen molar-refractivity contribution in [1.82, 2.24) is 4.90 Å². The Hall–Kier alpha value is -3.26. The summed E-state index contributed by atoms with van der Waals surface area (Å²) in [5.74, 6) is 0.728. The van der Waals surface area contributed by atoms with Gasteiger partial charge in [0.05, 0.1) is 16.4 Å². The zero-order chi connectivity index (χ0) is 18.7. The number of nitro benzene ring substituents is 2. The molecule has 0 fully saturated rings. The van der Waals surface area contributed by atoms with E-state index < -0.39 is 9.85 Å². The van der Waals surface area contributed by atoms with Crippen molar-refractivity contribution in [2.24, 2.45) is 0 Å². The van der Waals surface area contributed by atoms with Gasteiger partial charge in [-0.25, -0.2) is 0 Å². The summed E-state index contributed by atoms with van der Waals surface area (Å²) in [6.07, 6.45) is 0.750. The SMILES string of the molecule is CN(CCc1ccc([N+](=O)[O-])cc1)Cc1cc2cc([N+](=O)[O-])ccc2o1. The number of furan rings is 1. The Balaban J connectivity index is 1.60. The first kappa shape index (κ1) is 17.6. The lowest BCUT2D eigenvalue weighted by atomic mass is 10.1. The van der Waals surface area contributed by atoms with Crippen LogP contribution in [0.1, 0.15) is 11.3 Å². The van der Waals surface area contributed by atoms with Crippen LogP contribution in [0.15, 0.2) is 52.9 Å². The molecule has 8 nitrogen and oxygen atoms in total. The quantitative estimate of drug-likeness (QED) is 0.470. The third kappa shape index (κ3) is 4.04. The molecule has 0 saturated heterocycles. The van der Waals surface area contributed by atoms with Gasteiger partial charge in [-0.1, -0.05) is 12.1 Å². The van der Waals surface area contributed by atoms with Gasteiger partial charge in [0.15, 0.2) is 0 Å². The fourth-order valence-electron chi connectivity index (χ4n) is 2.73. The molecule has 0 atom stereocenters. The van der Waals surface area contributed by atoms with E-state index in [1.54, 1.807) is 18.2 Å².